The molecule has 0 radical (unpaired) electrons. The number of esters is 1. The Balaban J connectivity index is 1.60. The van der Waals surface area contributed by atoms with E-state index in [-0.39, 0.29) is 22.4 Å². The molecule has 2 aromatic rings. The van der Waals surface area contributed by atoms with E-state index in [1.54, 1.807) is 12.1 Å². The van der Waals surface area contributed by atoms with Crippen molar-refractivity contribution in [3.8, 4) is 5.75 Å². The second-order valence-electron chi connectivity index (χ2n) is 6.14. The highest BCUT2D eigenvalue weighted by Gasteiger charge is 2.37. The number of hydrogen-bond donors (Lipinski definition) is 0. The van der Waals surface area contributed by atoms with Gasteiger partial charge in [0.15, 0.2) is 6.10 Å². The molecule has 2 aromatic carbocycles. The highest BCUT2D eigenvalue weighted by molar-refractivity contribution is 6.22. The Morgan fingerprint density at radius 2 is 1.52 bits per heavy atom. The van der Waals surface area contributed by atoms with Crippen LogP contribution in [-0.2, 0) is 9.53 Å². The van der Waals surface area contributed by atoms with Crippen LogP contribution in [0.1, 0.15) is 38.0 Å². The lowest BCUT2D eigenvalue weighted by Gasteiger charge is -2.16. The number of halogens is 2. The third-order valence-electron chi connectivity index (χ3n) is 4.21. The zero-order valence-electron chi connectivity index (χ0n) is 15.1. The summed E-state index contributed by atoms with van der Waals surface area (Å²) in [6.07, 6.45) is -1.21. The van der Waals surface area contributed by atoms with Gasteiger partial charge in [0.05, 0.1) is 11.1 Å². The first kappa shape index (κ1) is 20.1. The van der Waals surface area contributed by atoms with Gasteiger partial charge in [-0.1, -0.05) is 12.1 Å². The van der Waals surface area contributed by atoms with Gasteiger partial charge in [-0.2, -0.15) is 8.78 Å². The molecule has 0 aliphatic carbocycles. The van der Waals surface area contributed by atoms with Gasteiger partial charge < -0.3 is 9.47 Å². The molecule has 1 aliphatic heterocycles. The van der Waals surface area contributed by atoms with Crippen LogP contribution in [0.15, 0.2) is 48.5 Å². The van der Waals surface area contributed by atoms with Gasteiger partial charge in [-0.3, -0.25) is 24.1 Å². The lowest BCUT2D eigenvalue weighted by molar-refractivity contribution is -0.146. The summed E-state index contributed by atoms with van der Waals surface area (Å²) in [5, 5.41) is 0. The predicted octanol–water partition coefficient (Wildman–Crippen LogP) is 2.70. The molecule has 0 spiro atoms. The van der Waals surface area contributed by atoms with Crippen molar-refractivity contribution in [1.82, 2.24) is 4.90 Å². The Kier molecular flexibility index (Phi) is 5.67. The maximum atomic E-state index is 12.3. The van der Waals surface area contributed by atoms with E-state index in [1.807, 2.05) is 0 Å². The van der Waals surface area contributed by atoms with Gasteiger partial charge in [0.25, 0.3) is 11.8 Å². The molecule has 7 nitrogen and oxygen atoms in total. The average molecular weight is 403 g/mol. The van der Waals surface area contributed by atoms with Crippen molar-refractivity contribution in [2.75, 3.05) is 6.54 Å². The van der Waals surface area contributed by atoms with Gasteiger partial charge in [-0.15, -0.1) is 0 Å². The average Bonchev–Trinajstić information content (AvgIpc) is 2.92. The number of ketones is 1. The van der Waals surface area contributed by atoms with Crippen LogP contribution in [0.3, 0.4) is 0 Å². The van der Waals surface area contributed by atoms with E-state index in [0.717, 1.165) is 4.90 Å². The smallest absolute Gasteiger partial charge is 0.387 e. The maximum absolute atomic E-state index is 12.3. The molecule has 150 valence electrons. The van der Waals surface area contributed by atoms with E-state index < -0.39 is 42.8 Å². The summed E-state index contributed by atoms with van der Waals surface area (Å²) in [7, 11) is 0. The Morgan fingerprint density at radius 1 is 0.966 bits per heavy atom. The number of Topliss-reactive ketones (excluding diaryl/α,β-unsaturated/α-hetero) is 1. The minimum atomic E-state index is -2.99. The van der Waals surface area contributed by atoms with Crippen LogP contribution >= 0.6 is 0 Å². The first-order valence-electron chi connectivity index (χ1n) is 8.51. The third kappa shape index (κ3) is 4.29. The third-order valence-corrected chi connectivity index (χ3v) is 4.21. The summed E-state index contributed by atoms with van der Waals surface area (Å²) in [5.74, 6) is -2.86. The number of carbonyl (C=O) groups is 4. The molecule has 1 atom stereocenters. The summed E-state index contributed by atoms with van der Waals surface area (Å²) in [6.45, 7) is -2.30. The van der Waals surface area contributed by atoms with E-state index in [2.05, 4.69) is 4.74 Å². The zero-order chi connectivity index (χ0) is 21.1. The fourth-order valence-electron chi connectivity index (χ4n) is 2.84. The summed E-state index contributed by atoms with van der Waals surface area (Å²) in [5.41, 5.74) is 0.508. The van der Waals surface area contributed by atoms with Crippen molar-refractivity contribution in [1.29, 1.82) is 0 Å². The number of alkyl halides is 2. The van der Waals surface area contributed by atoms with E-state index in [9.17, 15) is 28.0 Å². The molecule has 29 heavy (non-hydrogen) atoms. The minimum absolute atomic E-state index is 0.118. The largest absolute Gasteiger partial charge is 0.453 e. The molecule has 0 aromatic heterocycles. The quantitative estimate of drug-likeness (QED) is 0.401. The highest BCUT2D eigenvalue weighted by atomic mass is 19.3. The summed E-state index contributed by atoms with van der Waals surface area (Å²) < 4.78 is 33.6. The van der Waals surface area contributed by atoms with E-state index in [4.69, 9.17) is 4.74 Å². The fraction of sp³-hybridized carbons (Fsp3) is 0.200. The number of amides is 2. The Morgan fingerprint density at radius 3 is 2.03 bits per heavy atom. The second kappa shape index (κ2) is 8.17. The molecule has 3 rings (SSSR count). The molecular weight excluding hydrogens is 388 g/mol. The molecule has 2 amide bonds. The number of hydrogen-bond acceptors (Lipinski definition) is 6. The van der Waals surface area contributed by atoms with Crippen LogP contribution in [-0.4, -0.2) is 47.7 Å². The molecule has 9 heteroatoms. The Bertz CT molecular complexity index is 938. The number of rotatable bonds is 7. The molecule has 0 unspecified atom stereocenters. The summed E-state index contributed by atoms with van der Waals surface area (Å²) >= 11 is 0. The van der Waals surface area contributed by atoms with Gasteiger partial charge in [-0.05, 0) is 43.3 Å². The SMILES string of the molecule is C[C@H](OC(=O)CN1C(=O)c2ccccc2C1=O)C(=O)c1ccc(OC(F)F)cc1. The number of ether oxygens (including phenoxy) is 2. The van der Waals surface area contributed by atoms with Crippen molar-refractivity contribution in [3.05, 3.63) is 65.2 Å². The number of nitrogens with zero attached hydrogens (tertiary/aromatic N) is 1. The van der Waals surface area contributed by atoms with Crippen molar-refractivity contribution in [2.24, 2.45) is 0 Å². The van der Waals surface area contributed by atoms with Crippen LogP contribution in [0, 0.1) is 0 Å². The van der Waals surface area contributed by atoms with Crippen LogP contribution < -0.4 is 4.74 Å². The molecule has 0 saturated carbocycles. The lowest BCUT2D eigenvalue weighted by atomic mass is 10.1. The van der Waals surface area contributed by atoms with Gasteiger partial charge in [0, 0.05) is 5.56 Å². The number of benzene rings is 2. The molecule has 0 saturated heterocycles. The molecule has 0 fully saturated rings. The number of fused-ring (bicyclic) bond motifs is 1. The Hall–Kier alpha value is -3.62. The summed E-state index contributed by atoms with van der Waals surface area (Å²) in [6, 6.07) is 11.1. The van der Waals surface area contributed by atoms with Crippen LogP contribution in [0.2, 0.25) is 0 Å². The number of imide groups is 1. The van der Waals surface area contributed by atoms with E-state index in [0.29, 0.717) is 0 Å². The molecule has 0 N–H and O–H groups in total. The van der Waals surface area contributed by atoms with Crippen LogP contribution in [0.5, 0.6) is 5.75 Å². The first-order valence-corrected chi connectivity index (χ1v) is 8.51. The predicted molar refractivity (Wildman–Crippen MR) is 94.8 cm³/mol. The maximum Gasteiger partial charge on any atom is 0.387 e. The second-order valence-corrected chi connectivity index (χ2v) is 6.14. The zero-order valence-corrected chi connectivity index (χ0v) is 15.1. The standard InChI is InChI=1S/C20H15F2NO6/c1-11(17(25)12-6-8-13(9-7-12)29-20(21)22)28-16(24)10-23-18(26)14-4-2-3-5-15(14)19(23)27/h2-9,11,20H,10H2,1H3/t11-/m0/s1. The topological polar surface area (TPSA) is 90.0 Å². The van der Waals surface area contributed by atoms with Gasteiger partial charge in [0.1, 0.15) is 12.3 Å². The van der Waals surface area contributed by atoms with E-state index >= 15 is 0 Å². The van der Waals surface area contributed by atoms with Gasteiger partial charge in [0.2, 0.25) is 5.78 Å². The van der Waals surface area contributed by atoms with Gasteiger partial charge >= 0.3 is 12.6 Å². The number of carbonyl (C=O) groups excluding carboxylic acids is 4. The van der Waals surface area contributed by atoms with Crippen LogP contribution in [0.4, 0.5) is 8.78 Å². The normalized spacial score (nSPS) is 14.0. The summed E-state index contributed by atoms with van der Waals surface area (Å²) in [4.78, 5) is 49.7. The molecule has 1 heterocycles. The molecular formula is C20H15F2NO6. The molecule has 0 bridgehead atoms. The monoisotopic (exact) mass is 403 g/mol. The fourth-order valence-corrected chi connectivity index (χ4v) is 2.84. The van der Waals surface area contributed by atoms with Crippen LogP contribution in [0.25, 0.3) is 0 Å². The first-order chi connectivity index (χ1) is 13.8. The van der Waals surface area contributed by atoms with Crippen molar-refractivity contribution in [2.45, 2.75) is 19.6 Å². The van der Waals surface area contributed by atoms with Crippen molar-refractivity contribution < 1.29 is 37.4 Å². The van der Waals surface area contributed by atoms with Gasteiger partial charge in [-0.25, -0.2) is 0 Å². The van der Waals surface area contributed by atoms with Crippen molar-refractivity contribution >= 4 is 23.6 Å². The Labute approximate surface area is 163 Å². The molecule has 1 aliphatic rings. The van der Waals surface area contributed by atoms with Crippen molar-refractivity contribution in [3.63, 3.8) is 0 Å². The highest BCUT2D eigenvalue weighted by Crippen LogP contribution is 2.22. The lowest BCUT2D eigenvalue weighted by Crippen LogP contribution is -2.37. The minimum Gasteiger partial charge on any atom is -0.453 e. The van der Waals surface area contributed by atoms with E-state index in [1.165, 1.54) is 43.3 Å².